The van der Waals surface area contributed by atoms with Crippen molar-refractivity contribution in [3.8, 4) is 0 Å². The molecule has 2 heteroatoms. The molecule has 0 aliphatic heterocycles. The van der Waals surface area contributed by atoms with Crippen molar-refractivity contribution in [3.63, 3.8) is 0 Å². The molecule has 0 spiro atoms. The summed E-state index contributed by atoms with van der Waals surface area (Å²) < 4.78 is 0. The van der Waals surface area contributed by atoms with Crippen LogP contribution in [0.1, 0.15) is 16.8 Å². The first-order chi connectivity index (χ1) is 4.20. The Hall–Kier alpha value is 0.254. The van der Waals surface area contributed by atoms with E-state index in [9.17, 15) is 0 Å². The van der Waals surface area contributed by atoms with Gasteiger partial charge in [-0.15, -0.1) is 0 Å². The second kappa shape index (κ2) is 5.85. The molecule has 1 aromatic heterocycles. The van der Waals surface area contributed by atoms with Crippen molar-refractivity contribution >= 4 is 0 Å². The van der Waals surface area contributed by atoms with E-state index < -0.39 is 0 Å². The van der Waals surface area contributed by atoms with E-state index in [1.807, 2.05) is 13.1 Å². The molecule has 1 radical (unpaired) electrons. The number of rotatable bonds is 0. The maximum absolute atomic E-state index is 4.18. The van der Waals surface area contributed by atoms with Gasteiger partial charge in [0, 0.05) is 44.6 Å². The fourth-order valence-electron chi connectivity index (χ4n) is 0.784. The van der Waals surface area contributed by atoms with Gasteiger partial charge in [-0.25, -0.2) is 0 Å². The van der Waals surface area contributed by atoms with Crippen molar-refractivity contribution in [2.24, 2.45) is 0 Å². The van der Waals surface area contributed by atoms with Crippen LogP contribution >= 0.6 is 0 Å². The van der Waals surface area contributed by atoms with Crippen LogP contribution in [-0.4, -0.2) is 4.98 Å². The van der Waals surface area contributed by atoms with Crippen LogP contribution in [0.15, 0.2) is 12.3 Å². The van der Waals surface area contributed by atoms with E-state index in [4.69, 9.17) is 0 Å². The molecule has 11 heavy (non-hydrogen) atoms. The van der Waals surface area contributed by atoms with Gasteiger partial charge in [-0.3, -0.25) is 4.98 Å². The van der Waals surface area contributed by atoms with Crippen LogP contribution < -0.4 is 0 Å². The topological polar surface area (TPSA) is 12.9 Å². The quantitative estimate of drug-likeness (QED) is 0.618. The van der Waals surface area contributed by atoms with Gasteiger partial charge >= 0.3 is 0 Å². The van der Waals surface area contributed by atoms with Gasteiger partial charge < -0.3 is 7.43 Å². The van der Waals surface area contributed by atoms with Crippen molar-refractivity contribution in [1.82, 2.24) is 4.98 Å². The summed E-state index contributed by atoms with van der Waals surface area (Å²) >= 11 is 0. The molecular weight excluding hydrogens is 211 g/mol. The number of aryl methyl sites for hydroxylation is 3. The summed E-state index contributed by atoms with van der Waals surface area (Å²) in [7, 11) is 0. The molecule has 0 aliphatic carbocycles. The van der Waals surface area contributed by atoms with E-state index >= 15 is 0 Å². The normalized spacial score (nSPS) is 7.91. The zero-order valence-electron chi connectivity index (χ0n) is 7.68. The van der Waals surface area contributed by atoms with Gasteiger partial charge in [-0.05, 0) is 31.9 Å². The van der Waals surface area contributed by atoms with Crippen LogP contribution in [0.2, 0.25) is 0 Å². The molecule has 0 saturated carbocycles. The maximum Gasteiger partial charge on any atom is 0.0401 e. The van der Waals surface area contributed by atoms with Crippen LogP contribution in [0, 0.1) is 28.2 Å². The molecule has 1 rings (SSSR count). The number of pyridine rings is 1. The largest absolute Gasteiger partial charge is 0.358 e. The molecule has 1 aromatic rings. The number of aromatic nitrogens is 1. The van der Waals surface area contributed by atoms with Crippen molar-refractivity contribution in [2.75, 3.05) is 0 Å². The standard InChI is InChI=1S/C8H11N.CH3.Y/c1-6-4-7(2)8(3)9-5-6;;/h4-5H,1-3H3;1H3;/q;-1;. The molecule has 0 N–H and O–H groups in total. The van der Waals surface area contributed by atoms with Crippen LogP contribution in [0.4, 0.5) is 0 Å². The molecule has 0 fully saturated rings. The summed E-state index contributed by atoms with van der Waals surface area (Å²) in [5.74, 6) is 0. The second-order valence-corrected chi connectivity index (χ2v) is 2.41. The molecule has 0 aromatic carbocycles. The summed E-state index contributed by atoms with van der Waals surface area (Å²) in [6, 6.07) is 2.14. The molecular formula is C9H14NY-. The third kappa shape index (κ3) is 3.98. The van der Waals surface area contributed by atoms with E-state index in [-0.39, 0.29) is 40.1 Å². The molecule has 0 bridgehead atoms. The van der Waals surface area contributed by atoms with Gasteiger partial charge in [0.05, 0.1) is 0 Å². The van der Waals surface area contributed by atoms with Crippen LogP contribution in [0.5, 0.6) is 0 Å². The molecule has 0 saturated heterocycles. The maximum atomic E-state index is 4.18. The van der Waals surface area contributed by atoms with Crippen molar-refractivity contribution in [2.45, 2.75) is 20.8 Å². The Kier molecular flexibility index (Phi) is 7.35. The monoisotopic (exact) mass is 225 g/mol. The Bertz CT molecular complexity index is 221. The smallest absolute Gasteiger partial charge is 0.0401 e. The van der Waals surface area contributed by atoms with Crippen LogP contribution in [0.25, 0.3) is 0 Å². The van der Waals surface area contributed by atoms with Gasteiger partial charge in [0.15, 0.2) is 0 Å². The number of hydrogen-bond acceptors (Lipinski definition) is 1. The zero-order chi connectivity index (χ0) is 6.85. The Morgan fingerprint density at radius 2 is 1.73 bits per heavy atom. The van der Waals surface area contributed by atoms with Gasteiger partial charge in [0.2, 0.25) is 0 Å². The van der Waals surface area contributed by atoms with Crippen molar-refractivity contribution in [3.05, 3.63) is 36.5 Å². The first kappa shape index (κ1) is 13.8. The molecule has 0 atom stereocenters. The molecule has 0 aliphatic rings. The van der Waals surface area contributed by atoms with E-state index in [2.05, 4.69) is 24.9 Å². The fourth-order valence-corrected chi connectivity index (χ4v) is 0.784. The van der Waals surface area contributed by atoms with E-state index in [1.54, 1.807) is 0 Å². The zero-order valence-corrected chi connectivity index (χ0v) is 10.5. The van der Waals surface area contributed by atoms with E-state index in [0.717, 1.165) is 5.69 Å². The summed E-state index contributed by atoms with van der Waals surface area (Å²) in [4.78, 5) is 4.18. The fraction of sp³-hybridized carbons (Fsp3) is 0.333. The predicted octanol–water partition coefficient (Wildman–Crippen LogP) is 2.45. The molecule has 0 unspecified atom stereocenters. The average molecular weight is 225 g/mol. The minimum atomic E-state index is 0. The average Bonchev–Trinajstić information content (AvgIpc) is 1.80. The summed E-state index contributed by atoms with van der Waals surface area (Å²) in [6.45, 7) is 6.16. The van der Waals surface area contributed by atoms with Gasteiger partial charge in [0.25, 0.3) is 0 Å². The Labute approximate surface area is 94.5 Å². The first-order valence-electron chi connectivity index (χ1n) is 3.10. The molecule has 1 nitrogen and oxygen atoms in total. The Balaban J connectivity index is 0. The Morgan fingerprint density at radius 3 is 2.09 bits per heavy atom. The molecule has 1 heterocycles. The minimum Gasteiger partial charge on any atom is -0.358 e. The predicted molar refractivity (Wildman–Crippen MR) is 44.9 cm³/mol. The van der Waals surface area contributed by atoms with E-state index in [1.165, 1.54) is 11.1 Å². The third-order valence-electron chi connectivity index (χ3n) is 1.48. The first-order valence-corrected chi connectivity index (χ1v) is 3.10. The summed E-state index contributed by atoms with van der Waals surface area (Å²) in [5.41, 5.74) is 3.63. The SMILES string of the molecule is Cc1cnc(C)c(C)c1.[CH3-].[Y]. The number of hydrogen-bond donors (Lipinski definition) is 0. The van der Waals surface area contributed by atoms with Gasteiger partial charge in [-0.1, -0.05) is 6.07 Å². The van der Waals surface area contributed by atoms with Gasteiger partial charge in [-0.2, -0.15) is 0 Å². The molecule has 0 amide bonds. The van der Waals surface area contributed by atoms with Crippen molar-refractivity contribution in [1.29, 1.82) is 0 Å². The second-order valence-electron chi connectivity index (χ2n) is 2.41. The summed E-state index contributed by atoms with van der Waals surface area (Å²) in [5, 5.41) is 0. The van der Waals surface area contributed by atoms with Crippen LogP contribution in [-0.2, 0) is 32.7 Å². The van der Waals surface area contributed by atoms with Crippen LogP contribution in [0.3, 0.4) is 0 Å². The molecule has 59 valence electrons. The Morgan fingerprint density at radius 1 is 1.18 bits per heavy atom. The minimum absolute atomic E-state index is 0. The summed E-state index contributed by atoms with van der Waals surface area (Å²) in [6.07, 6.45) is 1.89. The third-order valence-corrected chi connectivity index (χ3v) is 1.48. The number of nitrogens with zero attached hydrogens (tertiary/aromatic N) is 1. The van der Waals surface area contributed by atoms with Gasteiger partial charge in [0.1, 0.15) is 0 Å². The van der Waals surface area contributed by atoms with Crippen molar-refractivity contribution < 1.29 is 32.7 Å². The van der Waals surface area contributed by atoms with E-state index in [0.29, 0.717) is 0 Å².